The summed E-state index contributed by atoms with van der Waals surface area (Å²) in [6.07, 6.45) is 3.46. The Bertz CT molecular complexity index is 481. The Hall–Kier alpha value is -1.13. The van der Waals surface area contributed by atoms with Crippen molar-refractivity contribution in [2.75, 3.05) is 13.7 Å². The zero-order chi connectivity index (χ0) is 14.5. The highest BCUT2D eigenvalue weighted by molar-refractivity contribution is 6.30. The van der Waals surface area contributed by atoms with Gasteiger partial charge < -0.3 is 4.74 Å². The lowest BCUT2D eigenvalue weighted by atomic mass is 9.98. The van der Waals surface area contributed by atoms with Crippen LogP contribution in [0.2, 0.25) is 5.02 Å². The number of esters is 1. The smallest absolute Gasteiger partial charge is 0.307 e. The van der Waals surface area contributed by atoms with E-state index in [1.807, 2.05) is 0 Å². The molecule has 1 atom stereocenters. The summed E-state index contributed by atoms with van der Waals surface area (Å²) in [7, 11) is 1.39. The molecule has 1 aromatic carbocycles. The van der Waals surface area contributed by atoms with E-state index >= 15 is 0 Å². The van der Waals surface area contributed by atoms with Crippen LogP contribution in [0.4, 0.5) is 4.39 Å². The first kappa shape index (κ1) is 15.3. The molecule has 0 bridgehead atoms. The molecule has 0 aliphatic carbocycles. The third kappa shape index (κ3) is 3.93. The number of nitrogens with zero attached hydrogens (tertiary/aromatic N) is 1. The molecule has 3 nitrogen and oxygen atoms in total. The largest absolute Gasteiger partial charge is 0.469 e. The van der Waals surface area contributed by atoms with E-state index in [-0.39, 0.29) is 17.8 Å². The quantitative estimate of drug-likeness (QED) is 0.798. The second-order valence-electron chi connectivity index (χ2n) is 5.14. The molecule has 1 fully saturated rings. The molecular weight excluding hydrogens is 281 g/mol. The predicted octanol–water partition coefficient (Wildman–Crippen LogP) is 3.40. The molecule has 1 aliphatic rings. The minimum atomic E-state index is -0.253. The van der Waals surface area contributed by atoms with Gasteiger partial charge >= 0.3 is 5.97 Å². The highest BCUT2D eigenvalue weighted by atomic mass is 35.5. The number of benzene rings is 1. The molecule has 110 valence electrons. The summed E-state index contributed by atoms with van der Waals surface area (Å²) in [5, 5.41) is 0.530. The van der Waals surface area contributed by atoms with Gasteiger partial charge in [-0.3, -0.25) is 9.69 Å². The fourth-order valence-corrected chi connectivity index (χ4v) is 2.85. The average Bonchev–Trinajstić information content (AvgIpc) is 2.44. The standard InChI is InChI=1S/C15H19ClFNO2/c1-20-15(19)9-13-4-2-3-7-18(13)10-11-8-12(16)5-6-14(11)17/h5-6,8,13H,2-4,7,9-10H2,1H3. The van der Waals surface area contributed by atoms with Crippen LogP contribution in [0.25, 0.3) is 0 Å². The lowest BCUT2D eigenvalue weighted by Crippen LogP contribution is -2.40. The first-order valence-electron chi connectivity index (χ1n) is 6.85. The van der Waals surface area contributed by atoms with Crippen LogP contribution >= 0.6 is 11.6 Å². The van der Waals surface area contributed by atoms with Crippen LogP contribution in [0.3, 0.4) is 0 Å². The number of hydrogen-bond donors (Lipinski definition) is 0. The summed E-state index contributed by atoms with van der Waals surface area (Å²) >= 11 is 5.92. The molecule has 0 saturated carbocycles. The molecule has 0 amide bonds. The van der Waals surface area contributed by atoms with Crippen LogP contribution in [-0.2, 0) is 16.1 Å². The minimum Gasteiger partial charge on any atom is -0.469 e. The van der Waals surface area contributed by atoms with Crippen molar-refractivity contribution >= 4 is 17.6 Å². The van der Waals surface area contributed by atoms with Gasteiger partial charge in [0, 0.05) is 23.2 Å². The van der Waals surface area contributed by atoms with Crippen molar-refractivity contribution in [2.24, 2.45) is 0 Å². The first-order chi connectivity index (χ1) is 9.60. The van der Waals surface area contributed by atoms with Crippen molar-refractivity contribution < 1.29 is 13.9 Å². The van der Waals surface area contributed by atoms with Gasteiger partial charge in [0.2, 0.25) is 0 Å². The van der Waals surface area contributed by atoms with E-state index < -0.39 is 0 Å². The molecule has 1 saturated heterocycles. The van der Waals surface area contributed by atoms with Gasteiger partial charge in [0.1, 0.15) is 5.82 Å². The minimum absolute atomic E-state index is 0.120. The van der Waals surface area contributed by atoms with E-state index in [2.05, 4.69) is 4.90 Å². The van der Waals surface area contributed by atoms with Crippen LogP contribution in [0.15, 0.2) is 18.2 Å². The molecule has 0 N–H and O–H groups in total. The number of halogens is 2. The maximum atomic E-state index is 13.8. The van der Waals surface area contributed by atoms with Crippen LogP contribution in [-0.4, -0.2) is 30.6 Å². The Morgan fingerprint density at radius 3 is 3.05 bits per heavy atom. The summed E-state index contributed by atoms with van der Waals surface area (Å²) < 4.78 is 18.5. The third-order valence-corrected chi connectivity index (χ3v) is 4.00. The number of carbonyl (C=O) groups excluding carboxylic acids is 1. The van der Waals surface area contributed by atoms with Crippen molar-refractivity contribution in [2.45, 2.75) is 38.3 Å². The summed E-state index contributed by atoms with van der Waals surface area (Å²) in [5.74, 6) is -0.467. The van der Waals surface area contributed by atoms with Crippen LogP contribution in [0, 0.1) is 5.82 Å². The summed E-state index contributed by atoms with van der Waals surface area (Å²) in [6, 6.07) is 4.70. The molecule has 1 heterocycles. The molecule has 1 unspecified atom stereocenters. The average molecular weight is 300 g/mol. The Kier molecular flexibility index (Phi) is 5.38. The maximum Gasteiger partial charge on any atom is 0.307 e. The zero-order valence-electron chi connectivity index (χ0n) is 11.6. The summed E-state index contributed by atoms with van der Waals surface area (Å²) in [4.78, 5) is 13.6. The Labute approximate surface area is 123 Å². The summed E-state index contributed by atoms with van der Waals surface area (Å²) in [6.45, 7) is 1.35. The molecular formula is C15H19ClFNO2. The van der Waals surface area contributed by atoms with Gasteiger partial charge in [-0.05, 0) is 37.6 Å². The lowest BCUT2D eigenvalue weighted by molar-refractivity contribution is -0.142. The Morgan fingerprint density at radius 1 is 1.50 bits per heavy atom. The number of likely N-dealkylation sites (tertiary alicyclic amines) is 1. The number of methoxy groups -OCH3 is 1. The van der Waals surface area contributed by atoms with Crippen molar-refractivity contribution in [3.8, 4) is 0 Å². The lowest BCUT2D eigenvalue weighted by Gasteiger charge is -2.35. The van der Waals surface area contributed by atoms with Gasteiger partial charge in [-0.1, -0.05) is 18.0 Å². The monoisotopic (exact) mass is 299 g/mol. The fraction of sp³-hybridized carbons (Fsp3) is 0.533. The summed E-state index contributed by atoms with van der Waals surface area (Å²) in [5.41, 5.74) is 0.578. The Morgan fingerprint density at radius 2 is 2.30 bits per heavy atom. The van der Waals surface area contributed by atoms with Crippen LogP contribution < -0.4 is 0 Å². The van der Waals surface area contributed by atoms with Crippen LogP contribution in [0.1, 0.15) is 31.2 Å². The molecule has 0 radical (unpaired) electrons. The van der Waals surface area contributed by atoms with Gasteiger partial charge in [0.25, 0.3) is 0 Å². The number of piperidine rings is 1. The number of hydrogen-bond acceptors (Lipinski definition) is 3. The van der Waals surface area contributed by atoms with Gasteiger partial charge in [0.15, 0.2) is 0 Å². The van der Waals surface area contributed by atoms with E-state index in [4.69, 9.17) is 16.3 Å². The number of ether oxygens (including phenoxy) is 1. The second-order valence-corrected chi connectivity index (χ2v) is 5.57. The van der Waals surface area contributed by atoms with E-state index in [1.165, 1.54) is 13.2 Å². The molecule has 0 aromatic heterocycles. The van der Waals surface area contributed by atoms with Crippen molar-refractivity contribution in [3.63, 3.8) is 0 Å². The van der Waals surface area contributed by atoms with E-state index in [1.54, 1.807) is 12.1 Å². The molecule has 20 heavy (non-hydrogen) atoms. The van der Waals surface area contributed by atoms with E-state index in [0.29, 0.717) is 23.6 Å². The zero-order valence-corrected chi connectivity index (χ0v) is 12.3. The van der Waals surface area contributed by atoms with Crippen molar-refractivity contribution in [1.29, 1.82) is 0 Å². The van der Waals surface area contributed by atoms with Gasteiger partial charge in [0.05, 0.1) is 13.5 Å². The SMILES string of the molecule is COC(=O)CC1CCCCN1Cc1cc(Cl)ccc1F. The van der Waals surface area contributed by atoms with Gasteiger partial charge in [-0.15, -0.1) is 0 Å². The molecule has 1 aromatic rings. The van der Waals surface area contributed by atoms with Gasteiger partial charge in [-0.25, -0.2) is 4.39 Å². The topological polar surface area (TPSA) is 29.5 Å². The van der Waals surface area contributed by atoms with E-state index in [0.717, 1.165) is 25.8 Å². The normalized spacial score (nSPS) is 19.9. The molecule has 2 rings (SSSR count). The van der Waals surface area contributed by atoms with Crippen molar-refractivity contribution in [3.05, 3.63) is 34.6 Å². The van der Waals surface area contributed by atoms with Crippen LogP contribution in [0.5, 0.6) is 0 Å². The predicted molar refractivity (Wildman–Crippen MR) is 76.1 cm³/mol. The molecule has 1 aliphatic heterocycles. The van der Waals surface area contributed by atoms with E-state index in [9.17, 15) is 9.18 Å². The van der Waals surface area contributed by atoms with Gasteiger partial charge in [-0.2, -0.15) is 0 Å². The molecule has 0 spiro atoms. The number of carbonyl (C=O) groups is 1. The third-order valence-electron chi connectivity index (χ3n) is 3.76. The fourth-order valence-electron chi connectivity index (χ4n) is 2.66. The second kappa shape index (κ2) is 7.04. The first-order valence-corrected chi connectivity index (χ1v) is 7.22. The van der Waals surface area contributed by atoms with Crippen molar-refractivity contribution in [1.82, 2.24) is 4.90 Å². The molecule has 5 heteroatoms. The highest BCUT2D eigenvalue weighted by Crippen LogP contribution is 2.24. The Balaban J connectivity index is 2.08. The number of rotatable bonds is 4. The highest BCUT2D eigenvalue weighted by Gasteiger charge is 2.25. The maximum absolute atomic E-state index is 13.8.